The number of fused-ring (bicyclic) bond motifs is 1. The first-order valence-corrected chi connectivity index (χ1v) is 7.18. The van der Waals surface area contributed by atoms with E-state index in [0.29, 0.717) is 12.3 Å². The second-order valence-electron chi connectivity index (χ2n) is 5.67. The number of aromatic nitrogens is 2. The second-order valence-corrected chi connectivity index (χ2v) is 5.67. The molecule has 0 aliphatic heterocycles. The highest BCUT2D eigenvalue weighted by molar-refractivity contribution is 5.98. The summed E-state index contributed by atoms with van der Waals surface area (Å²) in [6.07, 6.45) is 2.20. The Hall–Kier alpha value is -2.42. The maximum Gasteiger partial charge on any atom is 0.167 e. The van der Waals surface area contributed by atoms with Crippen LogP contribution in [0.4, 0.5) is 0 Å². The molecule has 3 rings (SSSR count). The van der Waals surface area contributed by atoms with Crippen LogP contribution in [0.3, 0.4) is 0 Å². The number of rotatable bonds is 4. The van der Waals surface area contributed by atoms with Gasteiger partial charge in [-0.3, -0.25) is 9.89 Å². The smallest absolute Gasteiger partial charge is 0.167 e. The lowest BCUT2D eigenvalue weighted by Crippen LogP contribution is -2.03. The number of hydrogen-bond donors (Lipinski definition) is 1. The Morgan fingerprint density at radius 2 is 1.90 bits per heavy atom. The molecule has 0 unspecified atom stereocenters. The average molecular weight is 278 g/mol. The van der Waals surface area contributed by atoms with E-state index in [1.165, 1.54) is 5.56 Å². The van der Waals surface area contributed by atoms with Gasteiger partial charge in [0.25, 0.3) is 0 Å². The van der Waals surface area contributed by atoms with E-state index >= 15 is 0 Å². The van der Waals surface area contributed by atoms with Crippen molar-refractivity contribution in [1.82, 2.24) is 10.2 Å². The molecule has 3 aromatic rings. The standard InChI is InChI=1S/C18H18N2O/c1-12(2)14-4-6-15(7-5-14)18(21)10-13-3-8-17-16(9-13)11-19-20-17/h3-9,11-12H,10H2,1-2H3,(H,19,20). The molecule has 3 nitrogen and oxygen atoms in total. The number of hydrogen-bond acceptors (Lipinski definition) is 2. The molecule has 0 saturated heterocycles. The molecule has 106 valence electrons. The molecule has 1 aromatic heterocycles. The molecule has 21 heavy (non-hydrogen) atoms. The zero-order valence-corrected chi connectivity index (χ0v) is 12.3. The van der Waals surface area contributed by atoms with Gasteiger partial charge in [-0.25, -0.2) is 0 Å². The summed E-state index contributed by atoms with van der Waals surface area (Å²) in [5.74, 6) is 0.630. The molecule has 1 N–H and O–H groups in total. The van der Waals surface area contributed by atoms with Gasteiger partial charge in [0, 0.05) is 17.4 Å². The molecule has 0 atom stereocenters. The highest BCUT2D eigenvalue weighted by Gasteiger charge is 2.09. The van der Waals surface area contributed by atoms with Crippen LogP contribution in [0.25, 0.3) is 10.9 Å². The minimum Gasteiger partial charge on any atom is -0.294 e. The van der Waals surface area contributed by atoms with Gasteiger partial charge in [-0.2, -0.15) is 5.10 Å². The topological polar surface area (TPSA) is 45.8 Å². The third-order valence-electron chi connectivity index (χ3n) is 3.77. The van der Waals surface area contributed by atoms with E-state index in [9.17, 15) is 4.79 Å². The maximum absolute atomic E-state index is 12.3. The number of nitrogens with zero attached hydrogens (tertiary/aromatic N) is 1. The number of H-pyrrole nitrogens is 1. The number of aromatic amines is 1. The van der Waals surface area contributed by atoms with E-state index in [2.05, 4.69) is 24.0 Å². The molecule has 0 bridgehead atoms. The zero-order chi connectivity index (χ0) is 14.8. The van der Waals surface area contributed by atoms with Crippen LogP contribution in [0.1, 0.15) is 41.3 Å². The van der Waals surface area contributed by atoms with Crippen molar-refractivity contribution in [2.75, 3.05) is 0 Å². The monoisotopic (exact) mass is 278 g/mol. The summed E-state index contributed by atoms with van der Waals surface area (Å²) in [6, 6.07) is 13.9. The van der Waals surface area contributed by atoms with Crippen molar-refractivity contribution in [2.24, 2.45) is 0 Å². The van der Waals surface area contributed by atoms with E-state index in [1.807, 2.05) is 42.5 Å². The van der Waals surface area contributed by atoms with Crippen LogP contribution in [0.15, 0.2) is 48.7 Å². The van der Waals surface area contributed by atoms with Crippen LogP contribution in [0.2, 0.25) is 0 Å². The Labute approximate surface area is 124 Å². The van der Waals surface area contributed by atoms with Gasteiger partial charge in [0.1, 0.15) is 0 Å². The number of ketones is 1. The largest absolute Gasteiger partial charge is 0.294 e. The number of benzene rings is 2. The Balaban J connectivity index is 1.78. The summed E-state index contributed by atoms with van der Waals surface area (Å²) in [5, 5.41) is 7.95. The molecule has 1 heterocycles. The summed E-state index contributed by atoms with van der Waals surface area (Å²) >= 11 is 0. The van der Waals surface area contributed by atoms with Crippen molar-refractivity contribution < 1.29 is 4.79 Å². The van der Waals surface area contributed by atoms with Gasteiger partial charge in [0.15, 0.2) is 5.78 Å². The van der Waals surface area contributed by atoms with Crippen LogP contribution in [0.5, 0.6) is 0 Å². The van der Waals surface area contributed by atoms with Crippen LogP contribution in [-0.2, 0) is 6.42 Å². The van der Waals surface area contributed by atoms with Gasteiger partial charge in [0.2, 0.25) is 0 Å². The van der Waals surface area contributed by atoms with E-state index in [0.717, 1.165) is 22.0 Å². The Morgan fingerprint density at radius 3 is 2.62 bits per heavy atom. The highest BCUT2D eigenvalue weighted by atomic mass is 16.1. The van der Waals surface area contributed by atoms with Crippen molar-refractivity contribution in [3.05, 3.63) is 65.4 Å². The average Bonchev–Trinajstić information content (AvgIpc) is 2.95. The molecule has 0 radical (unpaired) electrons. The predicted molar refractivity (Wildman–Crippen MR) is 84.7 cm³/mol. The fourth-order valence-electron chi connectivity index (χ4n) is 2.44. The lowest BCUT2D eigenvalue weighted by Gasteiger charge is -2.06. The molecule has 0 aliphatic carbocycles. The fraction of sp³-hybridized carbons (Fsp3) is 0.222. The molecule has 0 amide bonds. The Morgan fingerprint density at radius 1 is 1.14 bits per heavy atom. The molecule has 0 aliphatic rings. The van der Waals surface area contributed by atoms with Crippen LogP contribution < -0.4 is 0 Å². The van der Waals surface area contributed by atoms with Gasteiger partial charge in [0.05, 0.1) is 11.7 Å². The van der Waals surface area contributed by atoms with Gasteiger partial charge in [-0.15, -0.1) is 0 Å². The van der Waals surface area contributed by atoms with Gasteiger partial charge in [-0.1, -0.05) is 44.2 Å². The van der Waals surface area contributed by atoms with Gasteiger partial charge >= 0.3 is 0 Å². The summed E-state index contributed by atoms with van der Waals surface area (Å²) in [5.41, 5.74) is 4.03. The third-order valence-corrected chi connectivity index (χ3v) is 3.77. The van der Waals surface area contributed by atoms with Crippen molar-refractivity contribution in [2.45, 2.75) is 26.2 Å². The lowest BCUT2D eigenvalue weighted by molar-refractivity contribution is 0.0993. The molecular weight excluding hydrogens is 260 g/mol. The van der Waals surface area contributed by atoms with Gasteiger partial charge < -0.3 is 0 Å². The zero-order valence-electron chi connectivity index (χ0n) is 12.3. The van der Waals surface area contributed by atoms with Crippen molar-refractivity contribution in [1.29, 1.82) is 0 Å². The molecule has 0 spiro atoms. The SMILES string of the molecule is CC(C)c1ccc(C(=O)Cc2ccc3[nH]ncc3c2)cc1. The van der Waals surface area contributed by atoms with E-state index in [4.69, 9.17) is 0 Å². The number of Topliss-reactive ketones (excluding diaryl/α,β-unsaturated/α-hetero) is 1. The van der Waals surface area contributed by atoms with Crippen LogP contribution in [0, 0.1) is 0 Å². The van der Waals surface area contributed by atoms with Gasteiger partial charge in [-0.05, 0) is 29.2 Å². The van der Waals surface area contributed by atoms with E-state index in [-0.39, 0.29) is 5.78 Å². The molecular formula is C18H18N2O. The first kappa shape index (κ1) is 13.6. The minimum absolute atomic E-state index is 0.146. The van der Waals surface area contributed by atoms with Crippen LogP contribution in [-0.4, -0.2) is 16.0 Å². The first-order chi connectivity index (χ1) is 10.1. The van der Waals surface area contributed by atoms with E-state index < -0.39 is 0 Å². The predicted octanol–water partition coefficient (Wildman–Crippen LogP) is 4.11. The second kappa shape index (κ2) is 5.52. The Bertz CT molecular complexity index is 769. The summed E-state index contributed by atoms with van der Waals surface area (Å²) in [6.45, 7) is 4.30. The minimum atomic E-state index is 0.146. The lowest BCUT2D eigenvalue weighted by atomic mass is 9.98. The molecule has 0 fully saturated rings. The number of carbonyl (C=O) groups is 1. The molecule has 3 heteroatoms. The number of nitrogens with one attached hydrogen (secondary N) is 1. The van der Waals surface area contributed by atoms with Crippen LogP contribution >= 0.6 is 0 Å². The maximum atomic E-state index is 12.3. The van der Waals surface area contributed by atoms with Crippen molar-refractivity contribution in [3.63, 3.8) is 0 Å². The highest BCUT2D eigenvalue weighted by Crippen LogP contribution is 2.17. The first-order valence-electron chi connectivity index (χ1n) is 7.18. The van der Waals surface area contributed by atoms with Crippen molar-refractivity contribution in [3.8, 4) is 0 Å². The summed E-state index contributed by atoms with van der Waals surface area (Å²) in [4.78, 5) is 12.3. The molecule has 0 saturated carbocycles. The fourth-order valence-corrected chi connectivity index (χ4v) is 2.44. The summed E-state index contributed by atoms with van der Waals surface area (Å²) in [7, 11) is 0. The van der Waals surface area contributed by atoms with E-state index in [1.54, 1.807) is 6.20 Å². The van der Waals surface area contributed by atoms with Crippen molar-refractivity contribution >= 4 is 16.7 Å². The third kappa shape index (κ3) is 2.87. The normalized spacial score (nSPS) is 11.2. The molecule has 2 aromatic carbocycles. The summed E-state index contributed by atoms with van der Waals surface area (Å²) < 4.78 is 0. The Kier molecular flexibility index (Phi) is 3.57. The number of carbonyl (C=O) groups excluding carboxylic acids is 1. The quantitative estimate of drug-likeness (QED) is 0.730.